The molecule has 1 rings (SSSR count). The lowest BCUT2D eigenvalue weighted by molar-refractivity contribution is 0.0943. The van der Waals surface area contributed by atoms with E-state index >= 15 is 0 Å². The number of ether oxygens (including phenoxy) is 1. The van der Waals surface area contributed by atoms with Crippen molar-refractivity contribution < 1.29 is 9.53 Å². The number of nitrogens with one attached hydrogen (secondary N) is 2. The molecule has 0 bridgehead atoms. The molecule has 7 heteroatoms. The Morgan fingerprint density at radius 1 is 1.27 bits per heavy atom. The zero-order chi connectivity index (χ0) is 16.4. The minimum Gasteiger partial charge on any atom is -0.385 e. The van der Waals surface area contributed by atoms with Gasteiger partial charge in [-0.3, -0.25) is 4.79 Å². The molecule has 1 amide bonds. The highest BCUT2D eigenvalue weighted by molar-refractivity contribution is 5.92. The van der Waals surface area contributed by atoms with E-state index in [0.717, 1.165) is 25.9 Å². The summed E-state index contributed by atoms with van der Waals surface area (Å²) in [6, 6.07) is 1.69. The maximum absolute atomic E-state index is 12.1. The van der Waals surface area contributed by atoms with Crippen molar-refractivity contribution in [1.29, 1.82) is 0 Å². The third-order valence-electron chi connectivity index (χ3n) is 2.97. The number of hydrogen-bond donors (Lipinski definition) is 2. The molecule has 0 spiro atoms. The van der Waals surface area contributed by atoms with Gasteiger partial charge in [-0.15, -0.1) is 0 Å². The third-order valence-corrected chi connectivity index (χ3v) is 2.97. The first-order valence-electron chi connectivity index (χ1n) is 7.54. The summed E-state index contributed by atoms with van der Waals surface area (Å²) in [5.41, 5.74) is 0.389. The number of amides is 1. The highest BCUT2D eigenvalue weighted by Crippen LogP contribution is 2.07. The van der Waals surface area contributed by atoms with Gasteiger partial charge in [-0.25, -0.2) is 9.97 Å². The number of anilines is 1. The van der Waals surface area contributed by atoms with Gasteiger partial charge in [-0.05, 0) is 40.4 Å². The summed E-state index contributed by atoms with van der Waals surface area (Å²) in [5.74, 6) is 1.09. The van der Waals surface area contributed by atoms with Gasteiger partial charge in [0.05, 0.1) is 0 Å². The zero-order valence-corrected chi connectivity index (χ0v) is 14.0. The van der Waals surface area contributed by atoms with Gasteiger partial charge in [0.15, 0.2) is 0 Å². The van der Waals surface area contributed by atoms with Crippen LogP contribution in [0.5, 0.6) is 0 Å². The predicted molar refractivity (Wildman–Crippen MR) is 87.3 cm³/mol. The summed E-state index contributed by atoms with van der Waals surface area (Å²) < 4.78 is 4.95. The molecular formula is C15H27N5O2. The van der Waals surface area contributed by atoms with E-state index in [1.807, 2.05) is 14.1 Å². The molecule has 0 aliphatic heterocycles. The van der Waals surface area contributed by atoms with Gasteiger partial charge in [0.2, 0.25) is 0 Å². The van der Waals surface area contributed by atoms with E-state index in [1.54, 1.807) is 20.1 Å². The first-order chi connectivity index (χ1) is 10.5. The molecule has 0 atom stereocenters. The molecule has 0 aliphatic rings. The van der Waals surface area contributed by atoms with Crippen molar-refractivity contribution in [3.8, 4) is 0 Å². The summed E-state index contributed by atoms with van der Waals surface area (Å²) in [4.78, 5) is 22.7. The van der Waals surface area contributed by atoms with Crippen molar-refractivity contribution >= 4 is 11.7 Å². The minimum absolute atomic E-state index is 0.182. The van der Waals surface area contributed by atoms with Crippen LogP contribution in [0, 0.1) is 6.92 Å². The largest absolute Gasteiger partial charge is 0.385 e. The van der Waals surface area contributed by atoms with Crippen LogP contribution in [0.15, 0.2) is 6.07 Å². The average Bonchev–Trinajstić information content (AvgIpc) is 2.47. The second-order valence-corrected chi connectivity index (χ2v) is 5.37. The smallest absolute Gasteiger partial charge is 0.270 e. The lowest BCUT2D eigenvalue weighted by Gasteiger charge is -2.11. The van der Waals surface area contributed by atoms with E-state index in [1.165, 1.54) is 0 Å². The SMILES string of the molecule is COCCCNC(=O)c1cc(NCCCN(C)C)nc(C)n1. The summed E-state index contributed by atoms with van der Waals surface area (Å²) in [5, 5.41) is 6.06. The topological polar surface area (TPSA) is 79.4 Å². The summed E-state index contributed by atoms with van der Waals surface area (Å²) in [6.45, 7) is 4.79. The number of carbonyl (C=O) groups excluding carboxylic acids is 1. The number of aryl methyl sites for hydroxylation is 1. The Morgan fingerprint density at radius 3 is 2.73 bits per heavy atom. The van der Waals surface area contributed by atoms with Gasteiger partial charge in [0.25, 0.3) is 5.91 Å². The first kappa shape index (κ1) is 18.3. The number of nitrogens with zero attached hydrogens (tertiary/aromatic N) is 3. The second-order valence-electron chi connectivity index (χ2n) is 5.37. The normalized spacial score (nSPS) is 10.8. The van der Waals surface area contributed by atoms with Crippen LogP contribution in [0.3, 0.4) is 0 Å². The predicted octanol–water partition coefficient (Wildman–Crippen LogP) is 0.915. The molecule has 0 aromatic carbocycles. The van der Waals surface area contributed by atoms with Gasteiger partial charge in [-0.1, -0.05) is 0 Å². The first-order valence-corrected chi connectivity index (χ1v) is 7.54. The molecule has 0 radical (unpaired) electrons. The van der Waals surface area contributed by atoms with Crippen molar-refractivity contribution in [3.05, 3.63) is 17.6 Å². The van der Waals surface area contributed by atoms with Crippen LogP contribution >= 0.6 is 0 Å². The van der Waals surface area contributed by atoms with Crippen molar-refractivity contribution in [2.24, 2.45) is 0 Å². The fraction of sp³-hybridized carbons (Fsp3) is 0.667. The zero-order valence-electron chi connectivity index (χ0n) is 14.0. The van der Waals surface area contributed by atoms with E-state index in [-0.39, 0.29) is 5.91 Å². The molecule has 124 valence electrons. The monoisotopic (exact) mass is 309 g/mol. The summed E-state index contributed by atoms with van der Waals surface area (Å²) >= 11 is 0. The highest BCUT2D eigenvalue weighted by atomic mass is 16.5. The van der Waals surface area contributed by atoms with E-state index < -0.39 is 0 Å². The van der Waals surface area contributed by atoms with Crippen LogP contribution in [0.4, 0.5) is 5.82 Å². The molecule has 1 aromatic heterocycles. The minimum atomic E-state index is -0.182. The molecular weight excluding hydrogens is 282 g/mol. The molecule has 0 fully saturated rings. The van der Waals surface area contributed by atoms with Crippen molar-refractivity contribution in [2.45, 2.75) is 19.8 Å². The van der Waals surface area contributed by atoms with Gasteiger partial charge in [-0.2, -0.15) is 0 Å². The lowest BCUT2D eigenvalue weighted by atomic mass is 10.3. The molecule has 0 saturated heterocycles. The van der Waals surface area contributed by atoms with Crippen molar-refractivity contribution in [1.82, 2.24) is 20.2 Å². The Hall–Kier alpha value is -1.73. The van der Waals surface area contributed by atoms with Gasteiger partial charge in [0.1, 0.15) is 17.3 Å². The maximum Gasteiger partial charge on any atom is 0.270 e. The van der Waals surface area contributed by atoms with Crippen molar-refractivity contribution in [2.75, 3.05) is 52.8 Å². The Morgan fingerprint density at radius 2 is 2.05 bits per heavy atom. The Bertz CT molecular complexity index is 465. The van der Waals surface area contributed by atoms with E-state index in [4.69, 9.17) is 4.74 Å². The standard InChI is InChI=1S/C15H27N5O2/c1-12-18-13(15(21)17-8-6-10-22-4)11-14(19-12)16-7-5-9-20(2)3/h11H,5-10H2,1-4H3,(H,17,21)(H,16,18,19). The molecule has 0 saturated carbocycles. The third kappa shape index (κ3) is 7.33. The second kappa shape index (κ2) is 10.1. The molecule has 1 aromatic rings. The van der Waals surface area contributed by atoms with Crippen LogP contribution in [-0.4, -0.2) is 68.2 Å². The fourth-order valence-electron chi connectivity index (χ4n) is 1.90. The molecule has 7 nitrogen and oxygen atoms in total. The summed E-state index contributed by atoms with van der Waals surface area (Å²) in [7, 11) is 5.73. The summed E-state index contributed by atoms with van der Waals surface area (Å²) in [6.07, 6.45) is 1.79. The number of rotatable bonds is 10. The van der Waals surface area contributed by atoms with Gasteiger partial charge >= 0.3 is 0 Å². The number of hydrogen-bond acceptors (Lipinski definition) is 6. The van der Waals surface area contributed by atoms with Crippen LogP contribution < -0.4 is 10.6 Å². The fourth-order valence-corrected chi connectivity index (χ4v) is 1.90. The van der Waals surface area contributed by atoms with Crippen LogP contribution in [0.25, 0.3) is 0 Å². The molecule has 22 heavy (non-hydrogen) atoms. The Kier molecular flexibility index (Phi) is 8.39. The van der Waals surface area contributed by atoms with Crippen LogP contribution in [0.2, 0.25) is 0 Å². The van der Waals surface area contributed by atoms with Gasteiger partial charge in [0, 0.05) is 32.9 Å². The quantitative estimate of drug-likeness (QED) is 0.626. The van der Waals surface area contributed by atoms with Crippen LogP contribution in [0.1, 0.15) is 29.2 Å². The number of methoxy groups -OCH3 is 1. The number of carbonyl (C=O) groups is 1. The lowest BCUT2D eigenvalue weighted by Crippen LogP contribution is -2.26. The number of aromatic nitrogens is 2. The van der Waals surface area contributed by atoms with E-state index in [2.05, 4.69) is 25.5 Å². The Labute approximate surface area is 132 Å². The van der Waals surface area contributed by atoms with E-state index in [0.29, 0.717) is 30.5 Å². The Balaban J connectivity index is 2.51. The van der Waals surface area contributed by atoms with Crippen molar-refractivity contribution in [3.63, 3.8) is 0 Å². The molecule has 1 heterocycles. The van der Waals surface area contributed by atoms with E-state index in [9.17, 15) is 4.79 Å². The molecule has 0 unspecified atom stereocenters. The van der Waals surface area contributed by atoms with Gasteiger partial charge < -0.3 is 20.3 Å². The average molecular weight is 309 g/mol. The maximum atomic E-state index is 12.1. The molecule has 2 N–H and O–H groups in total. The van der Waals surface area contributed by atoms with Crippen LogP contribution in [-0.2, 0) is 4.74 Å². The highest BCUT2D eigenvalue weighted by Gasteiger charge is 2.09. The molecule has 0 aliphatic carbocycles.